The molecule has 15 heteroatoms. The number of nitro groups is 1. The molecule has 4 rings (SSSR count). The van der Waals surface area contributed by atoms with E-state index in [1.54, 1.807) is 0 Å². The summed E-state index contributed by atoms with van der Waals surface area (Å²) in [4.78, 5) is 58.2. The Bertz CT molecular complexity index is 1260. The highest BCUT2D eigenvalue weighted by atomic mass is 32.2. The number of anilines is 1. The molecule has 3 heterocycles. The van der Waals surface area contributed by atoms with E-state index in [1.165, 1.54) is 48.5 Å². The first-order chi connectivity index (χ1) is 16.2. The standard InChI is InChI=1S/C19H16N6O7S2/c1-32-23-12(10-6-34-19(20)21-10)16(26)22-13-11-7-33-15(14(18(28)29)24(11)17(13)27)8-2-4-9(5-3-8)25(30)31/h2-6,11,13H,7H2,1H3,(H2,20,21)(H,22,26)(H,28,29). The summed E-state index contributed by atoms with van der Waals surface area (Å²) in [7, 11) is 1.25. The number of thioether (sulfide) groups is 1. The van der Waals surface area contributed by atoms with Crippen molar-refractivity contribution in [1.29, 1.82) is 0 Å². The van der Waals surface area contributed by atoms with Gasteiger partial charge in [-0.25, -0.2) is 9.78 Å². The Morgan fingerprint density at radius 2 is 2.09 bits per heavy atom. The number of carboxylic acid groups (broad SMARTS) is 1. The summed E-state index contributed by atoms with van der Waals surface area (Å²) >= 11 is 2.28. The van der Waals surface area contributed by atoms with Crippen LogP contribution < -0.4 is 11.1 Å². The van der Waals surface area contributed by atoms with Crippen molar-refractivity contribution in [2.45, 2.75) is 12.1 Å². The zero-order chi connectivity index (χ0) is 24.6. The van der Waals surface area contributed by atoms with Gasteiger partial charge in [0.05, 0.1) is 11.0 Å². The van der Waals surface area contributed by atoms with Crippen molar-refractivity contribution in [3.63, 3.8) is 0 Å². The number of nitrogen functional groups attached to an aromatic ring is 1. The van der Waals surface area contributed by atoms with Crippen LogP contribution in [0.4, 0.5) is 10.8 Å². The zero-order valence-corrected chi connectivity index (χ0v) is 19.0. The van der Waals surface area contributed by atoms with Crippen molar-refractivity contribution in [3.8, 4) is 0 Å². The summed E-state index contributed by atoms with van der Waals surface area (Å²) in [6.07, 6.45) is 0. The number of carbonyl (C=O) groups excluding carboxylic acids is 2. The third-order valence-corrected chi connectivity index (χ3v) is 6.97. The van der Waals surface area contributed by atoms with Gasteiger partial charge in [-0.05, 0) is 17.7 Å². The number of carbonyl (C=O) groups is 3. The zero-order valence-electron chi connectivity index (χ0n) is 17.3. The van der Waals surface area contributed by atoms with Crippen LogP contribution in [-0.4, -0.2) is 68.4 Å². The van der Waals surface area contributed by atoms with Gasteiger partial charge in [0.15, 0.2) is 10.8 Å². The first kappa shape index (κ1) is 23.2. The van der Waals surface area contributed by atoms with E-state index in [0.717, 1.165) is 16.2 Å². The van der Waals surface area contributed by atoms with E-state index in [0.29, 0.717) is 16.2 Å². The number of nitrogens with one attached hydrogen (secondary N) is 1. The van der Waals surface area contributed by atoms with Gasteiger partial charge in [0.2, 0.25) is 0 Å². The van der Waals surface area contributed by atoms with Crippen LogP contribution in [0.2, 0.25) is 0 Å². The number of thiazole rings is 1. The lowest BCUT2D eigenvalue weighted by Crippen LogP contribution is -2.72. The van der Waals surface area contributed by atoms with E-state index < -0.39 is 34.8 Å². The summed E-state index contributed by atoms with van der Waals surface area (Å²) in [5, 5.41) is 28.7. The minimum absolute atomic E-state index is 0.141. The first-order valence-electron chi connectivity index (χ1n) is 9.54. The van der Waals surface area contributed by atoms with Gasteiger partial charge in [-0.2, -0.15) is 0 Å². The van der Waals surface area contributed by atoms with Crippen molar-refractivity contribution in [2.24, 2.45) is 5.16 Å². The number of aromatic nitrogens is 1. The Balaban J connectivity index is 1.58. The number of aliphatic carboxylic acids is 1. The Kier molecular flexibility index (Phi) is 6.21. The first-order valence-corrected chi connectivity index (χ1v) is 11.4. The summed E-state index contributed by atoms with van der Waals surface area (Å²) in [6.45, 7) is 0. The Hall–Kier alpha value is -3.98. The van der Waals surface area contributed by atoms with Gasteiger partial charge in [-0.1, -0.05) is 5.16 Å². The van der Waals surface area contributed by atoms with Crippen molar-refractivity contribution in [3.05, 3.63) is 56.7 Å². The largest absolute Gasteiger partial charge is 0.477 e. The average molecular weight is 505 g/mol. The van der Waals surface area contributed by atoms with Crippen LogP contribution in [0.3, 0.4) is 0 Å². The average Bonchev–Trinajstić information content (AvgIpc) is 3.25. The monoisotopic (exact) mass is 504 g/mol. The van der Waals surface area contributed by atoms with Crippen LogP contribution >= 0.6 is 23.1 Å². The molecule has 34 heavy (non-hydrogen) atoms. The predicted molar refractivity (Wildman–Crippen MR) is 123 cm³/mol. The molecule has 176 valence electrons. The molecule has 0 radical (unpaired) electrons. The van der Waals surface area contributed by atoms with E-state index in [-0.39, 0.29) is 27.9 Å². The fourth-order valence-corrected chi connectivity index (χ4v) is 5.40. The lowest BCUT2D eigenvalue weighted by Gasteiger charge is -2.49. The second-order valence-electron chi connectivity index (χ2n) is 7.02. The number of nitrogens with two attached hydrogens (primary N) is 1. The number of hydrogen-bond acceptors (Lipinski definition) is 11. The minimum Gasteiger partial charge on any atom is -0.477 e. The molecule has 1 aromatic heterocycles. The van der Waals surface area contributed by atoms with Gasteiger partial charge < -0.3 is 21.0 Å². The number of oxime groups is 1. The Morgan fingerprint density at radius 1 is 1.38 bits per heavy atom. The smallest absolute Gasteiger partial charge is 0.353 e. The van der Waals surface area contributed by atoms with Crippen molar-refractivity contribution >= 4 is 62.3 Å². The lowest BCUT2D eigenvalue weighted by atomic mass is 9.94. The second kappa shape index (κ2) is 9.11. The Morgan fingerprint density at radius 3 is 2.65 bits per heavy atom. The number of benzene rings is 1. The molecule has 0 aliphatic carbocycles. The lowest BCUT2D eigenvalue weighted by molar-refractivity contribution is -0.384. The van der Waals surface area contributed by atoms with E-state index >= 15 is 0 Å². The number of carboxylic acids is 1. The molecule has 1 aromatic carbocycles. The van der Waals surface area contributed by atoms with E-state index in [4.69, 9.17) is 10.6 Å². The summed E-state index contributed by atoms with van der Waals surface area (Å²) in [5.74, 6) is -2.37. The molecule has 2 atom stereocenters. The molecule has 0 saturated carbocycles. The number of nitro benzene ring substituents is 1. The van der Waals surface area contributed by atoms with E-state index in [1.807, 2.05) is 0 Å². The van der Waals surface area contributed by atoms with Crippen LogP contribution in [0.5, 0.6) is 0 Å². The molecule has 1 fully saturated rings. The normalized spacial score (nSPS) is 19.9. The highest BCUT2D eigenvalue weighted by molar-refractivity contribution is 8.08. The van der Waals surface area contributed by atoms with Gasteiger partial charge in [-0.3, -0.25) is 24.6 Å². The van der Waals surface area contributed by atoms with Crippen LogP contribution in [-0.2, 0) is 19.2 Å². The summed E-state index contributed by atoms with van der Waals surface area (Å²) < 4.78 is 0. The van der Waals surface area contributed by atoms with Crippen LogP contribution in [0.1, 0.15) is 11.3 Å². The van der Waals surface area contributed by atoms with Gasteiger partial charge >= 0.3 is 5.97 Å². The van der Waals surface area contributed by atoms with Crippen LogP contribution in [0, 0.1) is 10.1 Å². The topological polar surface area (TPSA) is 190 Å². The maximum absolute atomic E-state index is 12.9. The SMILES string of the molecule is CON=C(C(=O)NC1C(=O)N2C(C(=O)O)=C(c3ccc([N+](=O)[O-])cc3)SCC12)c1csc(N)n1. The molecule has 0 bridgehead atoms. The fraction of sp³-hybridized carbons (Fsp3) is 0.211. The quantitative estimate of drug-likeness (QED) is 0.211. The van der Waals surface area contributed by atoms with Crippen molar-refractivity contribution in [1.82, 2.24) is 15.2 Å². The molecule has 1 saturated heterocycles. The van der Waals surface area contributed by atoms with Crippen molar-refractivity contribution < 1.29 is 29.3 Å². The van der Waals surface area contributed by atoms with Crippen LogP contribution in [0.15, 0.2) is 40.5 Å². The Labute approximate surface area is 199 Å². The molecule has 2 aromatic rings. The van der Waals surface area contributed by atoms with E-state index in [9.17, 15) is 29.6 Å². The molecular formula is C19H16N6O7S2. The molecule has 2 aliphatic rings. The van der Waals surface area contributed by atoms with Gasteiger partial charge in [-0.15, -0.1) is 23.1 Å². The molecule has 4 N–H and O–H groups in total. The number of hydrogen-bond donors (Lipinski definition) is 3. The molecular weight excluding hydrogens is 488 g/mol. The fourth-order valence-electron chi connectivity index (χ4n) is 3.55. The van der Waals surface area contributed by atoms with E-state index in [2.05, 4.69) is 15.5 Å². The predicted octanol–water partition coefficient (Wildman–Crippen LogP) is 0.880. The number of nitrogens with zero attached hydrogens (tertiary/aromatic N) is 4. The molecule has 2 unspecified atom stereocenters. The summed E-state index contributed by atoms with van der Waals surface area (Å²) in [6, 6.07) is 3.79. The molecule has 0 spiro atoms. The molecule has 2 aliphatic heterocycles. The third-order valence-electron chi connectivity index (χ3n) is 5.07. The van der Waals surface area contributed by atoms with Crippen molar-refractivity contribution in [2.75, 3.05) is 18.6 Å². The number of fused-ring (bicyclic) bond motifs is 1. The number of β-lactam (4-membered cyclic amide) rings is 1. The minimum atomic E-state index is -1.33. The number of non-ortho nitro benzene ring substituents is 1. The number of amides is 2. The molecule has 13 nitrogen and oxygen atoms in total. The maximum Gasteiger partial charge on any atom is 0.353 e. The molecule has 2 amide bonds. The van der Waals surface area contributed by atoms with Gasteiger partial charge in [0, 0.05) is 28.2 Å². The highest BCUT2D eigenvalue weighted by Gasteiger charge is 2.54. The summed E-state index contributed by atoms with van der Waals surface area (Å²) in [5.41, 5.74) is 5.66. The van der Waals surface area contributed by atoms with Gasteiger partial charge in [0.1, 0.15) is 24.5 Å². The third kappa shape index (κ3) is 4.06. The highest BCUT2D eigenvalue weighted by Crippen LogP contribution is 2.43. The number of rotatable bonds is 7. The second-order valence-corrected chi connectivity index (χ2v) is 8.94. The van der Waals surface area contributed by atoms with Crippen LogP contribution in [0.25, 0.3) is 4.91 Å². The van der Waals surface area contributed by atoms with Gasteiger partial charge in [0.25, 0.3) is 17.5 Å². The maximum atomic E-state index is 12.9.